The van der Waals surface area contributed by atoms with E-state index in [1.165, 1.54) is 0 Å². The summed E-state index contributed by atoms with van der Waals surface area (Å²) in [6.45, 7) is 4.45. The number of rotatable bonds is 8. The van der Waals surface area contributed by atoms with E-state index >= 15 is 0 Å². The molecule has 0 unspecified atom stereocenters. The van der Waals surface area contributed by atoms with Crippen molar-refractivity contribution in [2.75, 3.05) is 19.6 Å². The van der Waals surface area contributed by atoms with Crippen molar-refractivity contribution in [3.8, 4) is 11.3 Å². The second-order valence-corrected chi connectivity index (χ2v) is 7.38. The molecular weight excluding hydrogens is 535 g/mol. The minimum Gasteiger partial charge on any atom is -0.459 e. The van der Waals surface area contributed by atoms with Crippen LogP contribution in [-0.2, 0) is 11.3 Å². The normalized spacial score (nSPS) is 13.6. The molecule has 0 aliphatic heterocycles. The molecule has 1 fully saturated rings. The van der Waals surface area contributed by atoms with Crippen LogP contribution in [0.4, 0.5) is 0 Å². The van der Waals surface area contributed by atoms with E-state index in [4.69, 9.17) is 4.42 Å². The molecule has 3 rings (SSSR count). The lowest BCUT2D eigenvalue weighted by Crippen LogP contribution is -2.41. The van der Waals surface area contributed by atoms with Crippen LogP contribution in [0.3, 0.4) is 0 Å². The Bertz CT molecular complexity index is 788. The lowest BCUT2D eigenvalue weighted by Gasteiger charge is -2.11. The summed E-state index contributed by atoms with van der Waals surface area (Å²) in [6.07, 6.45) is 2.05. The molecule has 0 bridgehead atoms. The average Bonchev–Trinajstić information content (AvgIpc) is 3.42. The molecule has 1 saturated carbocycles. The third-order valence-electron chi connectivity index (χ3n) is 4.19. The molecule has 1 aromatic carbocycles. The summed E-state index contributed by atoms with van der Waals surface area (Å²) in [5.74, 6) is 2.74. The van der Waals surface area contributed by atoms with E-state index in [1.807, 2.05) is 43.3 Å². The van der Waals surface area contributed by atoms with Gasteiger partial charge < -0.3 is 20.4 Å². The number of aliphatic imine (C=N–C) groups is 1. The van der Waals surface area contributed by atoms with E-state index in [-0.39, 0.29) is 35.8 Å². The Morgan fingerprint density at radius 1 is 1.11 bits per heavy atom. The molecule has 1 heterocycles. The molecule has 1 amide bonds. The summed E-state index contributed by atoms with van der Waals surface area (Å²) in [4.78, 5) is 16.2. The Labute approximate surface area is 191 Å². The Balaban J connectivity index is 0.00000280. The van der Waals surface area contributed by atoms with E-state index in [2.05, 4.69) is 36.9 Å². The fourth-order valence-corrected chi connectivity index (χ4v) is 2.85. The number of amides is 1. The Morgan fingerprint density at radius 3 is 2.50 bits per heavy atom. The van der Waals surface area contributed by atoms with E-state index in [0.717, 1.165) is 40.9 Å². The standard InChI is InChI=1S/C20H25BrN4O2.HI/c1-2-22-20(24-12-11-23-19(26)15-3-4-15)25-13-17-9-10-18(27-17)14-5-7-16(21)8-6-14;/h5-10,15H,2-4,11-13H2,1H3,(H,23,26)(H2,22,24,25);1H. The van der Waals surface area contributed by atoms with Crippen LogP contribution in [0.1, 0.15) is 25.5 Å². The van der Waals surface area contributed by atoms with Crippen molar-refractivity contribution in [3.05, 3.63) is 46.6 Å². The first kappa shape index (κ1) is 22.7. The third kappa shape index (κ3) is 7.12. The number of benzene rings is 1. The fourth-order valence-electron chi connectivity index (χ4n) is 2.59. The van der Waals surface area contributed by atoms with Crippen LogP contribution in [0.5, 0.6) is 0 Å². The van der Waals surface area contributed by atoms with Gasteiger partial charge in [-0.1, -0.05) is 28.1 Å². The van der Waals surface area contributed by atoms with Gasteiger partial charge in [-0.3, -0.25) is 4.79 Å². The molecule has 3 N–H and O–H groups in total. The number of carbonyl (C=O) groups is 1. The summed E-state index contributed by atoms with van der Waals surface area (Å²) in [6, 6.07) is 11.9. The smallest absolute Gasteiger partial charge is 0.223 e. The molecule has 1 aromatic heterocycles. The van der Waals surface area contributed by atoms with Crippen molar-refractivity contribution in [2.45, 2.75) is 26.3 Å². The lowest BCUT2D eigenvalue weighted by molar-refractivity contribution is -0.122. The van der Waals surface area contributed by atoms with Gasteiger partial charge in [0.25, 0.3) is 0 Å². The second kappa shape index (κ2) is 11.5. The Morgan fingerprint density at radius 2 is 1.82 bits per heavy atom. The summed E-state index contributed by atoms with van der Waals surface area (Å²) >= 11 is 3.44. The zero-order valence-corrected chi connectivity index (χ0v) is 19.8. The SMILES string of the molecule is CCNC(=NCc1ccc(-c2ccc(Br)cc2)o1)NCCNC(=O)C1CC1.I. The van der Waals surface area contributed by atoms with Crippen LogP contribution in [0.15, 0.2) is 50.3 Å². The topological polar surface area (TPSA) is 78.7 Å². The van der Waals surface area contributed by atoms with Gasteiger partial charge in [0.1, 0.15) is 18.1 Å². The predicted molar refractivity (Wildman–Crippen MR) is 126 cm³/mol. The highest BCUT2D eigenvalue weighted by Crippen LogP contribution is 2.28. The molecule has 0 spiro atoms. The van der Waals surface area contributed by atoms with Gasteiger partial charge in [-0.2, -0.15) is 0 Å². The number of carbonyl (C=O) groups excluding carboxylic acids is 1. The monoisotopic (exact) mass is 560 g/mol. The van der Waals surface area contributed by atoms with Gasteiger partial charge in [0.15, 0.2) is 5.96 Å². The molecule has 2 aromatic rings. The molecule has 8 heteroatoms. The average molecular weight is 561 g/mol. The molecule has 1 aliphatic carbocycles. The molecule has 0 atom stereocenters. The maximum Gasteiger partial charge on any atom is 0.223 e. The van der Waals surface area contributed by atoms with Crippen molar-refractivity contribution >= 4 is 51.8 Å². The van der Waals surface area contributed by atoms with Crippen LogP contribution in [-0.4, -0.2) is 31.5 Å². The Kier molecular flexibility index (Phi) is 9.30. The molecule has 0 radical (unpaired) electrons. The molecule has 152 valence electrons. The number of furan rings is 1. The fraction of sp³-hybridized carbons (Fsp3) is 0.400. The molecule has 1 aliphatic rings. The van der Waals surface area contributed by atoms with Gasteiger partial charge in [-0.05, 0) is 44.0 Å². The van der Waals surface area contributed by atoms with Crippen molar-refractivity contribution < 1.29 is 9.21 Å². The highest BCUT2D eigenvalue weighted by Gasteiger charge is 2.28. The molecular formula is C20H26BrIN4O2. The zero-order chi connectivity index (χ0) is 19.1. The largest absolute Gasteiger partial charge is 0.459 e. The van der Waals surface area contributed by atoms with Crippen LogP contribution < -0.4 is 16.0 Å². The zero-order valence-electron chi connectivity index (χ0n) is 15.8. The van der Waals surface area contributed by atoms with Gasteiger partial charge in [-0.25, -0.2) is 4.99 Å². The van der Waals surface area contributed by atoms with E-state index in [9.17, 15) is 4.79 Å². The van der Waals surface area contributed by atoms with Gasteiger partial charge in [0.05, 0.1) is 0 Å². The Hall–Kier alpha value is -1.55. The van der Waals surface area contributed by atoms with Crippen LogP contribution in [0, 0.1) is 5.92 Å². The first-order chi connectivity index (χ1) is 13.2. The minimum absolute atomic E-state index is 0. The number of guanidine groups is 1. The highest BCUT2D eigenvalue weighted by molar-refractivity contribution is 14.0. The summed E-state index contributed by atoms with van der Waals surface area (Å²) in [5.41, 5.74) is 1.03. The van der Waals surface area contributed by atoms with Crippen molar-refractivity contribution in [1.29, 1.82) is 0 Å². The number of nitrogens with one attached hydrogen (secondary N) is 3. The number of halogens is 2. The third-order valence-corrected chi connectivity index (χ3v) is 4.72. The summed E-state index contributed by atoms with van der Waals surface area (Å²) < 4.78 is 6.93. The second-order valence-electron chi connectivity index (χ2n) is 6.46. The first-order valence-electron chi connectivity index (χ1n) is 9.30. The minimum atomic E-state index is 0. The van der Waals surface area contributed by atoms with Crippen LogP contribution in [0.2, 0.25) is 0 Å². The maximum absolute atomic E-state index is 11.6. The number of hydrogen-bond donors (Lipinski definition) is 3. The quantitative estimate of drug-likeness (QED) is 0.198. The van der Waals surface area contributed by atoms with Crippen molar-refractivity contribution in [1.82, 2.24) is 16.0 Å². The predicted octanol–water partition coefficient (Wildman–Crippen LogP) is 3.91. The van der Waals surface area contributed by atoms with E-state index in [1.54, 1.807) is 0 Å². The molecule has 28 heavy (non-hydrogen) atoms. The summed E-state index contributed by atoms with van der Waals surface area (Å²) in [5, 5.41) is 9.36. The van der Waals surface area contributed by atoms with E-state index < -0.39 is 0 Å². The lowest BCUT2D eigenvalue weighted by atomic mass is 10.2. The maximum atomic E-state index is 11.6. The van der Waals surface area contributed by atoms with Gasteiger partial charge in [0, 0.05) is 35.6 Å². The number of nitrogens with zero attached hydrogens (tertiary/aromatic N) is 1. The van der Waals surface area contributed by atoms with Crippen molar-refractivity contribution in [2.24, 2.45) is 10.9 Å². The first-order valence-corrected chi connectivity index (χ1v) is 10.1. The van der Waals surface area contributed by atoms with Gasteiger partial charge >= 0.3 is 0 Å². The molecule has 0 saturated heterocycles. The van der Waals surface area contributed by atoms with Gasteiger partial charge in [-0.15, -0.1) is 24.0 Å². The highest BCUT2D eigenvalue weighted by atomic mass is 127. The van der Waals surface area contributed by atoms with Crippen LogP contribution >= 0.6 is 39.9 Å². The molecule has 6 nitrogen and oxygen atoms in total. The van der Waals surface area contributed by atoms with Crippen LogP contribution in [0.25, 0.3) is 11.3 Å². The van der Waals surface area contributed by atoms with Crippen molar-refractivity contribution in [3.63, 3.8) is 0 Å². The van der Waals surface area contributed by atoms with E-state index in [0.29, 0.717) is 25.6 Å². The summed E-state index contributed by atoms with van der Waals surface area (Å²) in [7, 11) is 0. The van der Waals surface area contributed by atoms with Gasteiger partial charge in [0.2, 0.25) is 5.91 Å². The number of hydrogen-bond acceptors (Lipinski definition) is 3.